The van der Waals surface area contributed by atoms with Crippen LogP contribution in [0.15, 0.2) is 42.7 Å². The zero-order valence-electron chi connectivity index (χ0n) is 18.9. The summed E-state index contributed by atoms with van der Waals surface area (Å²) in [6.07, 6.45) is 9.03. The second-order valence-corrected chi connectivity index (χ2v) is 8.32. The number of ether oxygens (including phenoxy) is 1. The number of carbonyl (C=O) groups is 2. The number of hydrogen-bond donors (Lipinski definition) is 2. The Hall–Kier alpha value is -3.62. The first-order valence-electron chi connectivity index (χ1n) is 11.4. The van der Waals surface area contributed by atoms with Crippen LogP contribution in [0.4, 0.5) is 5.69 Å². The van der Waals surface area contributed by atoms with Crippen molar-refractivity contribution < 1.29 is 14.3 Å². The second kappa shape index (κ2) is 10.8. The molecule has 1 aromatic carbocycles. The van der Waals surface area contributed by atoms with E-state index < -0.39 is 0 Å². The van der Waals surface area contributed by atoms with Crippen LogP contribution >= 0.6 is 0 Å². The number of carbonyl (C=O) groups excluding carboxylic acids is 2. The number of nitrogens with one attached hydrogen (secondary N) is 2. The van der Waals surface area contributed by atoms with Crippen molar-refractivity contribution in [1.29, 1.82) is 0 Å². The summed E-state index contributed by atoms with van der Waals surface area (Å²) in [5.74, 6) is 0.484. The molecule has 0 saturated carbocycles. The second-order valence-electron chi connectivity index (χ2n) is 8.32. The zero-order valence-corrected chi connectivity index (χ0v) is 18.9. The maximum absolute atomic E-state index is 12.7. The van der Waals surface area contributed by atoms with Gasteiger partial charge in [-0.15, -0.1) is 0 Å². The lowest BCUT2D eigenvalue weighted by atomic mass is 10.1. The molecule has 0 bridgehead atoms. The molecule has 0 aliphatic heterocycles. The van der Waals surface area contributed by atoms with E-state index in [0.717, 1.165) is 30.7 Å². The molecule has 174 valence electrons. The van der Waals surface area contributed by atoms with E-state index in [2.05, 4.69) is 20.6 Å². The van der Waals surface area contributed by atoms with Gasteiger partial charge < -0.3 is 15.0 Å². The summed E-state index contributed by atoms with van der Waals surface area (Å²) in [7, 11) is 1.78. The van der Waals surface area contributed by atoms with Crippen LogP contribution in [-0.4, -0.2) is 50.3 Å². The van der Waals surface area contributed by atoms with E-state index in [0.29, 0.717) is 12.2 Å². The smallest absolute Gasteiger partial charge is 0.244 e. The highest BCUT2D eigenvalue weighted by Crippen LogP contribution is 2.22. The lowest BCUT2D eigenvalue weighted by Crippen LogP contribution is -2.30. The normalized spacial score (nSPS) is 13.1. The van der Waals surface area contributed by atoms with E-state index in [1.807, 2.05) is 30.3 Å². The molecule has 2 aromatic heterocycles. The van der Waals surface area contributed by atoms with Gasteiger partial charge in [0.05, 0.1) is 37.2 Å². The van der Waals surface area contributed by atoms with Gasteiger partial charge in [0.15, 0.2) is 0 Å². The van der Waals surface area contributed by atoms with Crippen molar-refractivity contribution in [3.63, 3.8) is 0 Å². The van der Waals surface area contributed by atoms with Gasteiger partial charge in [0, 0.05) is 18.9 Å². The molecule has 33 heavy (non-hydrogen) atoms. The fourth-order valence-corrected chi connectivity index (χ4v) is 3.95. The minimum atomic E-state index is -0.173. The van der Waals surface area contributed by atoms with Crippen LogP contribution in [0.2, 0.25) is 0 Å². The summed E-state index contributed by atoms with van der Waals surface area (Å²) < 4.78 is 7.07. The van der Waals surface area contributed by atoms with Crippen LogP contribution in [0.1, 0.15) is 42.6 Å². The molecule has 0 spiro atoms. The summed E-state index contributed by atoms with van der Waals surface area (Å²) in [5.41, 5.74) is 3.99. The van der Waals surface area contributed by atoms with Gasteiger partial charge in [-0.3, -0.25) is 19.4 Å². The quantitative estimate of drug-likeness (QED) is 0.488. The first kappa shape index (κ1) is 22.6. The maximum atomic E-state index is 12.7. The number of nitrogens with zero attached hydrogens (tertiary/aromatic N) is 4. The van der Waals surface area contributed by atoms with Crippen molar-refractivity contribution in [2.75, 3.05) is 19.0 Å². The van der Waals surface area contributed by atoms with Crippen molar-refractivity contribution in [2.45, 2.75) is 51.6 Å². The van der Waals surface area contributed by atoms with Crippen LogP contribution in [-0.2, 0) is 35.5 Å². The SMILES string of the molecule is CN(Cc1n[nH]c2c1CCCCC2)C(=O)Cn1cc(NC(=O)CCOc2ccccc2)cn1. The maximum Gasteiger partial charge on any atom is 0.244 e. The van der Waals surface area contributed by atoms with Crippen molar-refractivity contribution in [3.8, 4) is 5.75 Å². The number of fused-ring (bicyclic) bond motifs is 1. The number of aryl methyl sites for hydroxylation is 1. The Bertz CT molecular complexity index is 1080. The lowest BCUT2D eigenvalue weighted by Gasteiger charge is -2.16. The fraction of sp³-hybridized carbons (Fsp3) is 0.417. The first-order valence-corrected chi connectivity index (χ1v) is 11.4. The van der Waals surface area contributed by atoms with Crippen LogP contribution in [0.25, 0.3) is 0 Å². The van der Waals surface area contributed by atoms with Crippen molar-refractivity contribution in [1.82, 2.24) is 24.9 Å². The lowest BCUT2D eigenvalue weighted by molar-refractivity contribution is -0.131. The van der Waals surface area contributed by atoms with E-state index >= 15 is 0 Å². The molecule has 2 N–H and O–H groups in total. The summed E-state index contributed by atoms with van der Waals surface area (Å²) >= 11 is 0. The van der Waals surface area contributed by atoms with Gasteiger partial charge in [-0.25, -0.2) is 0 Å². The summed E-state index contributed by atoms with van der Waals surface area (Å²) in [6, 6.07) is 9.36. The number of amides is 2. The van der Waals surface area contributed by atoms with Gasteiger partial charge in [0.25, 0.3) is 0 Å². The minimum Gasteiger partial charge on any atom is -0.493 e. The van der Waals surface area contributed by atoms with Gasteiger partial charge >= 0.3 is 0 Å². The van der Waals surface area contributed by atoms with Gasteiger partial charge in [-0.1, -0.05) is 24.6 Å². The number of hydrogen-bond acceptors (Lipinski definition) is 5. The standard InChI is InChI=1S/C24H30N6O3/c1-29(16-22-20-10-6-3-7-11-21(20)27-28-22)24(32)17-30-15-18(14-25-30)26-23(31)12-13-33-19-8-4-2-5-9-19/h2,4-5,8-9,14-15H,3,6-7,10-13,16-17H2,1H3,(H,26,31)(H,27,28). The number of anilines is 1. The summed E-state index contributed by atoms with van der Waals surface area (Å²) in [5, 5.41) is 14.6. The number of para-hydroxylation sites is 1. The van der Waals surface area contributed by atoms with E-state index in [4.69, 9.17) is 4.74 Å². The Morgan fingerprint density at radius 2 is 2.00 bits per heavy atom. The predicted octanol–water partition coefficient (Wildman–Crippen LogP) is 2.94. The molecule has 2 amide bonds. The molecule has 0 radical (unpaired) electrons. The number of rotatable bonds is 9. The first-order chi connectivity index (χ1) is 16.1. The topological polar surface area (TPSA) is 105 Å². The highest BCUT2D eigenvalue weighted by atomic mass is 16.5. The van der Waals surface area contributed by atoms with Crippen molar-refractivity contribution in [2.24, 2.45) is 0 Å². The van der Waals surface area contributed by atoms with E-state index in [-0.39, 0.29) is 31.4 Å². The minimum absolute atomic E-state index is 0.0717. The largest absolute Gasteiger partial charge is 0.493 e. The number of aromatic nitrogens is 4. The fourth-order valence-electron chi connectivity index (χ4n) is 3.95. The molecule has 0 fully saturated rings. The molecule has 2 heterocycles. The Kier molecular flexibility index (Phi) is 7.39. The van der Waals surface area contributed by atoms with Crippen molar-refractivity contribution >= 4 is 17.5 Å². The number of benzene rings is 1. The van der Waals surface area contributed by atoms with Crippen LogP contribution in [0, 0.1) is 0 Å². The monoisotopic (exact) mass is 450 g/mol. The number of H-pyrrole nitrogens is 1. The highest BCUT2D eigenvalue weighted by molar-refractivity contribution is 5.90. The van der Waals surface area contributed by atoms with Crippen LogP contribution < -0.4 is 10.1 Å². The zero-order chi connectivity index (χ0) is 23.0. The van der Waals surface area contributed by atoms with E-state index in [9.17, 15) is 9.59 Å². The molecule has 9 heteroatoms. The summed E-state index contributed by atoms with van der Waals surface area (Å²) in [6.45, 7) is 0.844. The number of aromatic amines is 1. The third kappa shape index (κ3) is 6.21. The average molecular weight is 451 g/mol. The Morgan fingerprint density at radius 3 is 2.85 bits per heavy atom. The molecule has 0 saturated heterocycles. The average Bonchev–Trinajstić information content (AvgIpc) is 3.32. The predicted molar refractivity (Wildman–Crippen MR) is 124 cm³/mol. The molecule has 1 aliphatic carbocycles. The van der Waals surface area contributed by atoms with Gasteiger partial charge in [0.2, 0.25) is 11.8 Å². The number of likely N-dealkylation sites (N-methyl/N-ethyl adjacent to an activating group) is 1. The van der Waals surface area contributed by atoms with Gasteiger partial charge in [-0.05, 0) is 43.4 Å². The molecular weight excluding hydrogens is 420 g/mol. The Labute approximate surface area is 193 Å². The molecular formula is C24H30N6O3. The third-order valence-electron chi connectivity index (χ3n) is 5.76. The molecule has 0 unspecified atom stereocenters. The molecule has 4 rings (SSSR count). The molecule has 9 nitrogen and oxygen atoms in total. The van der Waals surface area contributed by atoms with Crippen molar-refractivity contribution in [3.05, 3.63) is 59.7 Å². The molecule has 1 aliphatic rings. The van der Waals surface area contributed by atoms with E-state index in [1.54, 1.807) is 18.1 Å². The van der Waals surface area contributed by atoms with E-state index in [1.165, 1.54) is 35.0 Å². The molecule has 0 atom stereocenters. The summed E-state index contributed by atoms with van der Waals surface area (Å²) in [4.78, 5) is 26.5. The Morgan fingerprint density at radius 1 is 1.18 bits per heavy atom. The molecule has 3 aromatic rings. The van der Waals surface area contributed by atoms with Gasteiger partial charge in [-0.2, -0.15) is 10.2 Å². The van der Waals surface area contributed by atoms with Gasteiger partial charge in [0.1, 0.15) is 12.3 Å². The third-order valence-corrected chi connectivity index (χ3v) is 5.76. The highest BCUT2D eigenvalue weighted by Gasteiger charge is 2.19. The Balaban J connectivity index is 1.23. The van der Waals surface area contributed by atoms with Crippen LogP contribution in [0.5, 0.6) is 5.75 Å². The van der Waals surface area contributed by atoms with Crippen LogP contribution in [0.3, 0.4) is 0 Å².